The molecule has 0 saturated carbocycles. The fourth-order valence-corrected chi connectivity index (χ4v) is 5.66. The molecule has 1 atom stereocenters. The normalized spacial score (nSPS) is 16.7. The largest absolute Gasteiger partial charge is 0.507 e. The Kier molecular flexibility index (Phi) is 7.54. The number of amides is 1. The van der Waals surface area contributed by atoms with Crippen molar-refractivity contribution >= 4 is 55.7 Å². The summed E-state index contributed by atoms with van der Waals surface area (Å²) in [6.45, 7) is 4.67. The number of benzene rings is 3. The zero-order chi connectivity index (χ0) is 27.7. The molecule has 0 radical (unpaired) electrons. The van der Waals surface area contributed by atoms with Crippen LogP contribution in [0, 0.1) is 5.82 Å². The Bertz CT molecular complexity index is 1600. The molecule has 1 aliphatic heterocycles. The molecule has 1 amide bonds. The monoisotopic (exact) mass is 566 g/mol. The van der Waals surface area contributed by atoms with Gasteiger partial charge < -0.3 is 14.6 Å². The number of ketones is 1. The van der Waals surface area contributed by atoms with Gasteiger partial charge in [0.1, 0.15) is 11.6 Å². The first-order valence-electron chi connectivity index (χ1n) is 12.3. The van der Waals surface area contributed by atoms with Crippen LogP contribution in [-0.2, 0) is 9.59 Å². The molecule has 0 aliphatic carbocycles. The summed E-state index contributed by atoms with van der Waals surface area (Å²) in [6, 6.07) is 14.3. The Morgan fingerprint density at radius 1 is 1.05 bits per heavy atom. The predicted octanol–water partition coefficient (Wildman–Crippen LogP) is 6.90. The van der Waals surface area contributed by atoms with E-state index in [9.17, 15) is 19.1 Å². The second-order valence-electron chi connectivity index (χ2n) is 8.77. The number of thiazole rings is 1. The second kappa shape index (κ2) is 11.0. The zero-order valence-electron chi connectivity index (χ0n) is 21.1. The van der Waals surface area contributed by atoms with Gasteiger partial charge >= 0.3 is 5.91 Å². The van der Waals surface area contributed by atoms with Crippen molar-refractivity contribution in [2.24, 2.45) is 0 Å². The number of Topliss-reactive ketones (excluding diaryl/α,β-unsaturated/α-hetero) is 1. The molecular weight excluding hydrogens is 543 g/mol. The summed E-state index contributed by atoms with van der Waals surface area (Å²) >= 11 is 7.36. The van der Waals surface area contributed by atoms with Crippen LogP contribution in [0.3, 0.4) is 0 Å². The van der Waals surface area contributed by atoms with E-state index in [1.807, 2.05) is 13.8 Å². The highest BCUT2D eigenvalue weighted by Gasteiger charge is 2.48. The lowest BCUT2D eigenvalue weighted by atomic mass is 9.95. The number of halogens is 2. The molecule has 4 aromatic rings. The molecule has 1 aromatic heterocycles. The number of aliphatic hydroxyl groups excluding tert-OH is 1. The van der Waals surface area contributed by atoms with Crippen LogP contribution in [0.15, 0.2) is 66.2 Å². The Hall–Kier alpha value is -3.95. The SMILES string of the molecule is CCCOc1ccc(C2C(=C(O)c3ccc(F)cc3)C(=O)C(=O)N2c2nc3ccc(Cl)cc3s2)cc1OCC. The summed E-state index contributed by atoms with van der Waals surface area (Å²) in [5, 5.41) is 12.1. The van der Waals surface area contributed by atoms with Crippen molar-refractivity contribution in [3.8, 4) is 11.5 Å². The van der Waals surface area contributed by atoms with E-state index in [2.05, 4.69) is 4.98 Å². The number of anilines is 1. The Morgan fingerprint density at radius 2 is 1.82 bits per heavy atom. The number of carbonyl (C=O) groups excluding carboxylic acids is 2. The molecule has 1 N–H and O–H groups in total. The van der Waals surface area contributed by atoms with E-state index >= 15 is 0 Å². The smallest absolute Gasteiger partial charge is 0.301 e. The minimum Gasteiger partial charge on any atom is -0.507 e. The highest BCUT2D eigenvalue weighted by molar-refractivity contribution is 7.22. The molecule has 200 valence electrons. The van der Waals surface area contributed by atoms with Gasteiger partial charge in [-0.1, -0.05) is 35.9 Å². The van der Waals surface area contributed by atoms with Gasteiger partial charge in [0, 0.05) is 10.6 Å². The summed E-state index contributed by atoms with van der Waals surface area (Å²) in [7, 11) is 0. The fraction of sp³-hybridized carbons (Fsp3) is 0.207. The van der Waals surface area contributed by atoms with E-state index in [1.54, 1.807) is 36.4 Å². The van der Waals surface area contributed by atoms with Crippen LogP contribution in [0.1, 0.15) is 37.4 Å². The van der Waals surface area contributed by atoms with Crippen molar-refractivity contribution in [2.75, 3.05) is 18.1 Å². The molecule has 7 nitrogen and oxygen atoms in total. The Balaban J connectivity index is 1.71. The molecule has 1 fully saturated rings. The van der Waals surface area contributed by atoms with Crippen LogP contribution in [0.25, 0.3) is 16.0 Å². The number of fused-ring (bicyclic) bond motifs is 1. The first-order chi connectivity index (χ1) is 18.8. The van der Waals surface area contributed by atoms with Crippen LogP contribution >= 0.6 is 22.9 Å². The molecule has 39 heavy (non-hydrogen) atoms. The fourth-order valence-electron chi connectivity index (χ4n) is 4.39. The van der Waals surface area contributed by atoms with Crippen LogP contribution in [0.5, 0.6) is 11.5 Å². The lowest BCUT2D eigenvalue weighted by molar-refractivity contribution is -0.132. The topological polar surface area (TPSA) is 89.0 Å². The molecule has 0 spiro atoms. The lowest BCUT2D eigenvalue weighted by Gasteiger charge is -2.24. The first-order valence-corrected chi connectivity index (χ1v) is 13.5. The molecule has 5 rings (SSSR count). The summed E-state index contributed by atoms with van der Waals surface area (Å²) in [6.07, 6.45) is 0.798. The summed E-state index contributed by atoms with van der Waals surface area (Å²) in [4.78, 5) is 32.8. The maximum Gasteiger partial charge on any atom is 0.301 e. The van der Waals surface area contributed by atoms with Gasteiger partial charge in [-0.05, 0) is 73.5 Å². The van der Waals surface area contributed by atoms with E-state index in [1.165, 1.54) is 40.5 Å². The van der Waals surface area contributed by atoms with Gasteiger partial charge in [-0.3, -0.25) is 14.5 Å². The van der Waals surface area contributed by atoms with Crippen LogP contribution in [-0.4, -0.2) is 35.0 Å². The molecular formula is C29H24ClFN2O5S. The van der Waals surface area contributed by atoms with Crippen molar-refractivity contribution in [1.82, 2.24) is 4.98 Å². The van der Waals surface area contributed by atoms with Crippen molar-refractivity contribution < 1.29 is 28.6 Å². The molecule has 1 unspecified atom stereocenters. The van der Waals surface area contributed by atoms with Crippen molar-refractivity contribution in [3.63, 3.8) is 0 Å². The lowest BCUT2D eigenvalue weighted by Crippen LogP contribution is -2.29. The van der Waals surface area contributed by atoms with Gasteiger partial charge in [-0.2, -0.15) is 0 Å². The predicted molar refractivity (Wildman–Crippen MR) is 149 cm³/mol. The van der Waals surface area contributed by atoms with E-state index in [4.69, 9.17) is 21.1 Å². The average molecular weight is 567 g/mol. The quantitative estimate of drug-likeness (QED) is 0.142. The molecule has 0 bridgehead atoms. The molecule has 3 aromatic carbocycles. The van der Waals surface area contributed by atoms with Crippen LogP contribution < -0.4 is 14.4 Å². The molecule has 2 heterocycles. The standard InChI is InChI=1S/C29H24ClFN2O5S/c1-3-13-38-21-12-7-17(14-22(21)37-4-2)25-24(26(34)16-5-9-19(31)10-6-16)27(35)28(36)33(25)29-32-20-11-8-18(30)15-23(20)39-29/h5-12,14-15,25,34H,3-4,13H2,1-2H3. The van der Waals surface area contributed by atoms with Gasteiger partial charge in [0.15, 0.2) is 16.6 Å². The Labute approximate surface area is 233 Å². The van der Waals surface area contributed by atoms with Gasteiger partial charge in [0.05, 0.1) is 35.0 Å². The third-order valence-corrected chi connectivity index (χ3v) is 7.40. The third-order valence-electron chi connectivity index (χ3n) is 6.15. The van der Waals surface area contributed by atoms with E-state index in [0.29, 0.717) is 40.8 Å². The molecule has 1 aliphatic rings. The number of nitrogens with zero attached hydrogens (tertiary/aromatic N) is 2. The maximum atomic E-state index is 13.6. The third kappa shape index (κ3) is 5.07. The number of ether oxygens (including phenoxy) is 2. The minimum absolute atomic E-state index is 0.145. The molecule has 10 heteroatoms. The number of rotatable bonds is 8. The number of hydrogen-bond acceptors (Lipinski definition) is 7. The second-order valence-corrected chi connectivity index (χ2v) is 10.2. The average Bonchev–Trinajstić information content (AvgIpc) is 3.45. The van der Waals surface area contributed by atoms with Crippen molar-refractivity contribution in [2.45, 2.75) is 26.3 Å². The highest BCUT2D eigenvalue weighted by Crippen LogP contribution is 2.46. The number of carbonyl (C=O) groups is 2. The summed E-state index contributed by atoms with van der Waals surface area (Å²) < 4.78 is 26.0. The maximum absolute atomic E-state index is 13.6. The van der Waals surface area contributed by atoms with E-state index < -0.39 is 29.3 Å². The van der Waals surface area contributed by atoms with Gasteiger partial charge in [0.25, 0.3) is 5.78 Å². The van der Waals surface area contributed by atoms with Crippen molar-refractivity contribution in [1.29, 1.82) is 0 Å². The highest BCUT2D eigenvalue weighted by atomic mass is 35.5. The number of aliphatic hydroxyl groups is 1. The zero-order valence-corrected chi connectivity index (χ0v) is 22.7. The first kappa shape index (κ1) is 26.6. The minimum atomic E-state index is -1.04. The Morgan fingerprint density at radius 3 is 2.54 bits per heavy atom. The summed E-state index contributed by atoms with van der Waals surface area (Å²) in [5.74, 6) is -1.70. The number of aromatic nitrogens is 1. The van der Waals surface area contributed by atoms with E-state index in [0.717, 1.165) is 11.1 Å². The van der Waals surface area contributed by atoms with Gasteiger partial charge in [-0.15, -0.1) is 0 Å². The van der Waals surface area contributed by atoms with Crippen LogP contribution in [0.4, 0.5) is 9.52 Å². The van der Waals surface area contributed by atoms with Crippen molar-refractivity contribution in [3.05, 3.63) is 88.2 Å². The summed E-state index contributed by atoms with van der Waals surface area (Å²) in [5.41, 5.74) is 1.16. The number of hydrogen-bond donors (Lipinski definition) is 1. The molecule has 1 saturated heterocycles. The van der Waals surface area contributed by atoms with Gasteiger partial charge in [-0.25, -0.2) is 9.37 Å². The van der Waals surface area contributed by atoms with E-state index in [-0.39, 0.29) is 16.3 Å². The van der Waals surface area contributed by atoms with Crippen LogP contribution in [0.2, 0.25) is 5.02 Å². The van der Waals surface area contributed by atoms with Gasteiger partial charge in [0.2, 0.25) is 0 Å².